The number of hydrogen-bond acceptors (Lipinski definition) is 3. The smallest absolute Gasteiger partial charge is 0.273 e. The van der Waals surface area contributed by atoms with Gasteiger partial charge in [0.15, 0.2) is 0 Å². The van der Waals surface area contributed by atoms with Crippen molar-refractivity contribution < 1.29 is 9.90 Å². The van der Waals surface area contributed by atoms with Crippen LogP contribution in [0.25, 0.3) is 11.3 Å². The standard InChI is InChI=1S/C26H23N3O2/c1-17-11-13-19(14-12-17)25-22-23(20-9-5-6-10-21(20)30)27-28-24(22)26(31)29(25)16-15-18-7-3-2-4-8-18/h2-14,25,30H,15-16H2,1H3,(H,27,28)/t25-/m0/s1. The molecule has 5 rings (SSSR count). The highest BCUT2D eigenvalue weighted by molar-refractivity contribution is 6.00. The second kappa shape index (κ2) is 7.76. The summed E-state index contributed by atoms with van der Waals surface area (Å²) in [6.45, 7) is 2.64. The molecule has 4 aromatic rings. The highest BCUT2D eigenvalue weighted by atomic mass is 16.3. The van der Waals surface area contributed by atoms with Crippen molar-refractivity contribution in [3.8, 4) is 17.0 Å². The summed E-state index contributed by atoms with van der Waals surface area (Å²) in [4.78, 5) is 15.3. The molecule has 1 aliphatic heterocycles. The number of carbonyl (C=O) groups excluding carboxylic acids is 1. The molecule has 0 aliphatic carbocycles. The Morgan fingerprint density at radius 2 is 1.68 bits per heavy atom. The fourth-order valence-electron chi connectivity index (χ4n) is 4.30. The average molecular weight is 409 g/mol. The summed E-state index contributed by atoms with van der Waals surface area (Å²) in [5.74, 6) is 0.0836. The molecule has 1 atom stereocenters. The summed E-state index contributed by atoms with van der Waals surface area (Å²) < 4.78 is 0. The summed E-state index contributed by atoms with van der Waals surface area (Å²) in [5.41, 5.74) is 5.94. The zero-order valence-corrected chi connectivity index (χ0v) is 17.2. The summed E-state index contributed by atoms with van der Waals surface area (Å²) in [5, 5.41) is 17.8. The first kappa shape index (κ1) is 19.1. The Morgan fingerprint density at radius 3 is 2.42 bits per heavy atom. The number of aromatic amines is 1. The van der Waals surface area contributed by atoms with Gasteiger partial charge in [0.25, 0.3) is 5.91 Å². The lowest BCUT2D eigenvalue weighted by Crippen LogP contribution is -2.31. The molecule has 31 heavy (non-hydrogen) atoms. The number of aryl methyl sites for hydroxylation is 1. The summed E-state index contributed by atoms with van der Waals surface area (Å²) in [6.07, 6.45) is 0.762. The number of fused-ring (bicyclic) bond motifs is 1. The number of amides is 1. The van der Waals surface area contributed by atoms with Crippen LogP contribution in [-0.2, 0) is 6.42 Å². The van der Waals surface area contributed by atoms with E-state index in [0.717, 1.165) is 23.1 Å². The maximum Gasteiger partial charge on any atom is 0.273 e. The molecule has 3 aromatic carbocycles. The van der Waals surface area contributed by atoms with E-state index in [0.29, 0.717) is 23.5 Å². The number of phenolic OH excluding ortho intramolecular Hbond substituents is 1. The molecular weight excluding hydrogens is 386 g/mol. The number of nitrogens with one attached hydrogen (secondary N) is 1. The Morgan fingerprint density at radius 1 is 0.968 bits per heavy atom. The van der Waals surface area contributed by atoms with Crippen LogP contribution < -0.4 is 0 Å². The van der Waals surface area contributed by atoms with Crippen LogP contribution in [0.15, 0.2) is 78.9 Å². The third-order valence-corrected chi connectivity index (χ3v) is 5.90. The van der Waals surface area contributed by atoms with Gasteiger partial charge in [-0.2, -0.15) is 5.10 Å². The van der Waals surface area contributed by atoms with Gasteiger partial charge in [-0.3, -0.25) is 9.89 Å². The minimum absolute atomic E-state index is 0.0642. The predicted molar refractivity (Wildman–Crippen MR) is 120 cm³/mol. The Bertz CT molecular complexity index is 1230. The number of phenols is 1. The zero-order valence-electron chi connectivity index (χ0n) is 17.2. The Hall–Kier alpha value is -3.86. The molecule has 2 heterocycles. The number of benzene rings is 3. The number of H-pyrrole nitrogens is 1. The number of hydrogen-bond donors (Lipinski definition) is 2. The van der Waals surface area contributed by atoms with E-state index < -0.39 is 0 Å². The highest BCUT2D eigenvalue weighted by Crippen LogP contribution is 2.44. The van der Waals surface area contributed by atoms with Crippen molar-refractivity contribution in [1.82, 2.24) is 15.1 Å². The minimum atomic E-state index is -0.264. The molecule has 1 aliphatic rings. The van der Waals surface area contributed by atoms with Gasteiger partial charge < -0.3 is 10.0 Å². The van der Waals surface area contributed by atoms with E-state index in [2.05, 4.69) is 46.6 Å². The fraction of sp³-hybridized carbons (Fsp3) is 0.154. The van der Waals surface area contributed by atoms with E-state index in [4.69, 9.17) is 0 Å². The van der Waals surface area contributed by atoms with Crippen LogP contribution >= 0.6 is 0 Å². The molecule has 2 N–H and O–H groups in total. The van der Waals surface area contributed by atoms with E-state index in [1.807, 2.05) is 42.2 Å². The molecule has 0 spiro atoms. The number of nitrogens with zero attached hydrogens (tertiary/aromatic N) is 2. The summed E-state index contributed by atoms with van der Waals surface area (Å²) in [6, 6.07) is 25.3. The first-order valence-corrected chi connectivity index (χ1v) is 10.4. The van der Waals surface area contributed by atoms with Gasteiger partial charge >= 0.3 is 0 Å². The number of aromatic nitrogens is 2. The van der Waals surface area contributed by atoms with Crippen LogP contribution in [0.5, 0.6) is 5.75 Å². The van der Waals surface area contributed by atoms with E-state index in [1.54, 1.807) is 12.1 Å². The lowest BCUT2D eigenvalue weighted by Gasteiger charge is -2.26. The van der Waals surface area contributed by atoms with Crippen molar-refractivity contribution in [2.75, 3.05) is 6.54 Å². The van der Waals surface area contributed by atoms with Gasteiger partial charge in [0, 0.05) is 17.7 Å². The largest absolute Gasteiger partial charge is 0.507 e. The highest BCUT2D eigenvalue weighted by Gasteiger charge is 2.42. The maximum absolute atomic E-state index is 13.4. The third kappa shape index (κ3) is 3.38. The SMILES string of the molecule is Cc1ccc([C@H]2c3c(-c4ccccc4O)n[nH]c3C(=O)N2CCc2ccccc2)cc1. The number of carbonyl (C=O) groups is 1. The maximum atomic E-state index is 13.4. The first-order valence-electron chi connectivity index (χ1n) is 10.4. The third-order valence-electron chi connectivity index (χ3n) is 5.90. The molecule has 1 amide bonds. The van der Waals surface area contributed by atoms with Crippen LogP contribution in [0.2, 0.25) is 0 Å². The summed E-state index contributed by atoms with van der Waals surface area (Å²) >= 11 is 0. The lowest BCUT2D eigenvalue weighted by molar-refractivity contribution is 0.0746. The van der Waals surface area contributed by atoms with Gasteiger partial charge in [-0.05, 0) is 36.6 Å². The number of rotatable bonds is 5. The minimum Gasteiger partial charge on any atom is -0.507 e. The van der Waals surface area contributed by atoms with Gasteiger partial charge in [-0.1, -0.05) is 72.3 Å². The molecule has 0 saturated carbocycles. The van der Waals surface area contributed by atoms with Crippen LogP contribution in [0, 0.1) is 6.92 Å². The molecule has 0 radical (unpaired) electrons. The van der Waals surface area contributed by atoms with Gasteiger partial charge in [0.05, 0.1) is 6.04 Å². The topological polar surface area (TPSA) is 69.2 Å². The van der Waals surface area contributed by atoms with E-state index in [-0.39, 0.29) is 17.7 Å². The van der Waals surface area contributed by atoms with Crippen molar-refractivity contribution in [3.05, 3.63) is 107 Å². The van der Waals surface area contributed by atoms with Gasteiger partial charge in [0.1, 0.15) is 17.1 Å². The second-order valence-electron chi connectivity index (χ2n) is 7.93. The van der Waals surface area contributed by atoms with E-state index in [9.17, 15) is 9.90 Å². The molecule has 0 fully saturated rings. The van der Waals surface area contributed by atoms with E-state index in [1.165, 1.54) is 5.56 Å². The molecular formula is C26H23N3O2. The Kier molecular flexibility index (Phi) is 4.79. The van der Waals surface area contributed by atoms with Crippen molar-refractivity contribution in [2.45, 2.75) is 19.4 Å². The van der Waals surface area contributed by atoms with Gasteiger partial charge in [-0.15, -0.1) is 0 Å². The monoisotopic (exact) mass is 409 g/mol. The molecule has 0 unspecified atom stereocenters. The van der Waals surface area contributed by atoms with Crippen LogP contribution in [0.4, 0.5) is 0 Å². The first-order chi connectivity index (χ1) is 15.1. The van der Waals surface area contributed by atoms with Crippen molar-refractivity contribution >= 4 is 5.91 Å². The lowest BCUT2D eigenvalue weighted by atomic mass is 9.95. The summed E-state index contributed by atoms with van der Waals surface area (Å²) in [7, 11) is 0. The quantitative estimate of drug-likeness (QED) is 0.494. The number of para-hydroxylation sites is 1. The van der Waals surface area contributed by atoms with Crippen molar-refractivity contribution in [3.63, 3.8) is 0 Å². The van der Waals surface area contributed by atoms with Crippen LogP contribution in [-0.4, -0.2) is 32.7 Å². The predicted octanol–water partition coefficient (Wildman–Crippen LogP) is 4.88. The molecule has 5 heteroatoms. The Balaban J connectivity index is 1.59. The molecule has 0 bridgehead atoms. The molecule has 0 saturated heterocycles. The normalized spacial score (nSPS) is 15.3. The van der Waals surface area contributed by atoms with Crippen LogP contribution in [0.1, 0.15) is 38.8 Å². The van der Waals surface area contributed by atoms with Crippen molar-refractivity contribution in [1.29, 1.82) is 0 Å². The Labute approximate surface area is 181 Å². The fourth-order valence-corrected chi connectivity index (χ4v) is 4.30. The van der Waals surface area contributed by atoms with Crippen molar-refractivity contribution in [2.24, 2.45) is 0 Å². The second-order valence-corrected chi connectivity index (χ2v) is 7.93. The molecule has 5 nitrogen and oxygen atoms in total. The zero-order chi connectivity index (χ0) is 21.4. The average Bonchev–Trinajstić information content (AvgIpc) is 3.33. The number of aromatic hydroxyl groups is 1. The van der Waals surface area contributed by atoms with Crippen LogP contribution in [0.3, 0.4) is 0 Å². The molecule has 1 aromatic heterocycles. The van der Waals surface area contributed by atoms with E-state index >= 15 is 0 Å². The van der Waals surface area contributed by atoms with Gasteiger partial charge in [0.2, 0.25) is 0 Å². The molecule has 154 valence electrons. The van der Waals surface area contributed by atoms with Gasteiger partial charge in [-0.25, -0.2) is 0 Å².